The van der Waals surface area contributed by atoms with Crippen LogP contribution in [0.25, 0.3) is 0 Å². The summed E-state index contributed by atoms with van der Waals surface area (Å²) in [6, 6.07) is 7.50. The highest BCUT2D eigenvalue weighted by Gasteiger charge is 2.38. The van der Waals surface area contributed by atoms with Crippen molar-refractivity contribution in [3.63, 3.8) is 0 Å². The summed E-state index contributed by atoms with van der Waals surface area (Å²) >= 11 is 0. The monoisotopic (exact) mass is 563 g/mol. The number of halogens is 4. The third-order valence-electron chi connectivity index (χ3n) is 7.12. The van der Waals surface area contributed by atoms with Crippen LogP contribution in [0.5, 0.6) is 0 Å². The highest BCUT2D eigenvalue weighted by atomic mass is 19.2. The van der Waals surface area contributed by atoms with E-state index in [1.807, 2.05) is 0 Å². The van der Waals surface area contributed by atoms with Gasteiger partial charge in [0.25, 0.3) is 11.5 Å². The van der Waals surface area contributed by atoms with Gasteiger partial charge in [0.1, 0.15) is 0 Å². The second-order valence-electron chi connectivity index (χ2n) is 9.86. The van der Waals surface area contributed by atoms with Crippen LogP contribution >= 0.6 is 0 Å². The third-order valence-corrected chi connectivity index (χ3v) is 7.12. The number of nitrogens with zero attached hydrogens (tertiary/aromatic N) is 3. The van der Waals surface area contributed by atoms with E-state index in [9.17, 15) is 32.3 Å². The maximum atomic E-state index is 14.2. The molecule has 1 unspecified atom stereocenters. The number of anilines is 2. The molecular formula is C29H21F4N5O3. The summed E-state index contributed by atoms with van der Waals surface area (Å²) in [5.41, 5.74) is 1.80. The Morgan fingerprint density at radius 2 is 1.88 bits per heavy atom. The fourth-order valence-electron chi connectivity index (χ4n) is 5.25. The van der Waals surface area contributed by atoms with Crippen molar-refractivity contribution in [2.24, 2.45) is 4.99 Å². The van der Waals surface area contributed by atoms with E-state index in [0.29, 0.717) is 33.8 Å². The summed E-state index contributed by atoms with van der Waals surface area (Å²) in [4.78, 5) is 38.5. The number of carbonyl (C=O) groups excluding carboxylic acids is 1. The third kappa shape index (κ3) is 4.45. The molecule has 12 heteroatoms. The minimum Gasteiger partial charge on any atom is -0.382 e. The number of H-pyrrole nitrogens is 1. The molecule has 6 rings (SSSR count). The summed E-state index contributed by atoms with van der Waals surface area (Å²) in [6.07, 6.45) is 2.93. The number of aromatic nitrogens is 2. The number of benzene rings is 2. The number of pyridine rings is 2. The highest BCUT2D eigenvalue weighted by Crippen LogP contribution is 2.41. The van der Waals surface area contributed by atoms with Crippen LogP contribution in [0.4, 0.5) is 34.6 Å². The van der Waals surface area contributed by atoms with Gasteiger partial charge in [-0.3, -0.25) is 24.5 Å². The zero-order valence-electron chi connectivity index (χ0n) is 21.4. The molecule has 0 saturated heterocycles. The van der Waals surface area contributed by atoms with Gasteiger partial charge in [-0.1, -0.05) is 0 Å². The van der Waals surface area contributed by atoms with E-state index in [1.54, 1.807) is 37.4 Å². The molecule has 2 aromatic heterocycles. The molecule has 41 heavy (non-hydrogen) atoms. The predicted molar refractivity (Wildman–Crippen MR) is 142 cm³/mol. The van der Waals surface area contributed by atoms with Crippen LogP contribution < -0.4 is 15.8 Å². The van der Waals surface area contributed by atoms with Crippen molar-refractivity contribution >= 4 is 28.7 Å². The quantitative estimate of drug-likeness (QED) is 0.233. The molecular weight excluding hydrogens is 542 g/mol. The molecule has 0 saturated carbocycles. The van der Waals surface area contributed by atoms with Gasteiger partial charge >= 0.3 is 0 Å². The Labute approximate surface area is 230 Å². The average molecular weight is 564 g/mol. The van der Waals surface area contributed by atoms with Crippen LogP contribution in [0.2, 0.25) is 0 Å². The fourth-order valence-corrected chi connectivity index (χ4v) is 5.25. The lowest BCUT2D eigenvalue weighted by Crippen LogP contribution is -2.27. The van der Waals surface area contributed by atoms with Crippen molar-refractivity contribution in [3.8, 4) is 0 Å². The number of aromatic amines is 1. The van der Waals surface area contributed by atoms with E-state index in [0.717, 1.165) is 0 Å². The Balaban J connectivity index is 1.29. The minimum absolute atomic E-state index is 0.149. The Hall–Kier alpha value is -4.84. The summed E-state index contributed by atoms with van der Waals surface area (Å²) in [5.74, 6) is -6.36. The molecule has 3 N–H and O–H groups in total. The van der Waals surface area contributed by atoms with E-state index in [-0.39, 0.29) is 23.7 Å². The minimum atomic E-state index is -1.50. The smallest absolute Gasteiger partial charge is 0.261 e. The van der Waals surface area contributed by atoms with Gasteiger partial charge in [0, 0.05) is 47.6 Å². The fraction of sp³-hybridized carbons (Fsp3) is 0.172. The average Bonchev–Trinajstić information content (AvgIpc) is 3.46. The molecule has 8 nitrogen and oxygen atoms in total. The first-order valence-electron chi connectivity index (χ1n) is 12.6. The van der Waals surface area contributed by atoms with Crippen LogP contribution in [-0.4, -0.2) is 32.7 Å². The van der Waals surface area contributed by atoms with Crippen LogP contribution in [0.15, 0.2) is 64.8 Å². The molecule has 4 aromatic rings. The predicted octanol–water partition coefficient (Wildman–Crippen LogP) is 4.70. The molecule has 0 aliphatic carbocycles. The van der Waals surface area contributed by atoms with E-state index < -0.39 is 59.0 Å². The second kappa shape index (κ2) is 9.97. The maximum Gasteiger partial charge on any atom is 0.261 e. The van der Waals surface area contributed by atoms with Gasteiger partial charge in [-0.25, -0.2) is 17.6 Å². The Morgan fingerprint density at radius 3 is 2.59 bits per heavy atom. The number of carbonyl (C=O) groups is 1. The van der Waals surface area contributed by atoms with Crippen molar-refractivity contribution in [2.45, 2.75) is 32.0 Å². The lowest BCUT2D eigenvalue weighted by atomic mass is 9.99. The molecule has 1 amide bonds. The van der Waals surface area contributed by atoms with Gasteiger partial charge in [-0.15, -0.1) is 0 Å². The molecule has 2 atom stereocenters. The number of aliphatic imine (C=N–C) groups is 1. The first-order valence-corrected chi connectivity index (χ1v) is 12.6. The van der Waals surface area contributed by atoms with Crippen LogP contribution in [0, 0.1) is 23.3 Å². The molecule has 2 aromatic carbocycles. The SMILES string of the molecule is C[C@@H](Cc1c(F)c(F)cc(F)c1F)Nc1cc[nH]c(=O)c1C1=Nc2cc3c(cc2C1)C(=O)N(c1cccnc1)C3O. The van der Waals surface area contributed by atoms with Gasteiger partial charge in [0.15, 0.2) is 29.5 Å². The van der Waals surface area contributed by atoms with Crippen LogP contribution in [0.1, 0.15) is 45.8 Å². The van der Waals surface area contributed by atoms with Gasteiger partial charge in [-0.05, 0) is 49.2 Å². The molecule has 2 aliphatic heterocycles. The van der Waals surface area contributed by atoms with Gasteiger partial charge < -0.3 is 15.4 Å². The van der Waals surface area contributed by atoms with Gasteiger partial charge in [0.2, 0.25) is 0 Å². The summed E-state index contributed by atoms with van der Waals surface area (Å²) in [5, 5.41) is 13.9. The van der Waals surface area contributed by atoms with Crippen molar-refractivity contribution < 1.29 is 27.5 Å². The lowest BCUT2D eigenvalue weighted by Gasteiger charge is -2.20. The molecule has 208 valence electrons. The van der Waals surface area contributed by atoms with Gasteiger partial charge in [0.05, 0.1) is 34.5 Å². The van der Waals surface area contributed by atoms with Crippen LogP contribution in [-0.2, 0) is 12.8 Å². The zero-order chi connectivity index (χ0) is 29.0. The number of amides is 1. The number of aliphatic hydroxyl groups is 1. The summed E-state index contributed by atoms with van der Waals surface area (Å²) in [7, 11) is 0. The highest BCUT2D eigenvalue weighted by molar-refractivity contribution is 6.13. The Morgan fingerprint density at radius 1 is 1.12 bits per heavy atom. The van der Waals surface area contributed by atoms with E-state index in [4.69, 9.17) is 0 Å². The molecule has 0 fully saturated rings. The Bertz CT molecular complexity index is 1780. The van der Waals surface area contributed by atoms with Crippen molar-refractivity contribution in [2.75, 3.05) is 10.2 Å². The Kier molecular flexibility index (Phi) is 6.41. The van der Waals surface area contributed by atoms with Gasteiger partial charge in [-0.2, -0.15) is 0 Å². The molecule has 2 aliphatic rings. The first-order chi connectivity index (χ1) is 19.6. The number of fused-ring (bicyclic) bond motifs is 2. The standard InChI is InChI=1S/C29H21F4N5O3/c1-13(7-18-25(32)19(30)11-20(31)26(18)33)36-21-4-6-35-27(39)24(21)23-9-14-8-16-17(10-22(14)37-23)29(41)38(28(16)40)15-3-2-5-34-12-15/h2-6,8,10-13,29,41H,7,9H2,1H3,(H2,35,36,39)/t13-,29?/m0/s1. The molecule has 0 spiro atoms. The number of nitrogens with one attached hydrogen (secondary N) is 2. The summed E-state index contributed by atoms with van der Waals surface area (Å²) in [6.45, 7) is 1.55. The topological polar surface area (TPSA) is 111 Å². The molecule has 0 radical (unpaired) electrons. The number of hydrogen-bond donors (Lipinski definition) is 3. The van der Waals surface area contributed by atoms with Crippen molar-refractivity contribution in [1.82, 2.24) is 9.97 Å². The van der Waals surface area contributed by atoms with E-state index in [1.165, 1.54) is 23.4 Å². The second-order valence-corrected chi connectivity index (χ2v) is 9.86. The zero-order valence-corrected chi connectivity index (χ0v) is 21.4. The lowest BCUT2D eigenvalue weighted by molar-refractivity contribution is 0.0935. The van der Waals surface area contributed by atoms with E-state index >= 15 is 0 Å². The number of hydrogen-bond acceptors (Lipinski definition) is 6. The normalized spacial score (nSPS) is 16.4. The van der Waals surface area contributed by atoms with Crippen molar-refractivity contribution in [1.29, 1.82) is 0 Å². The number of aliphatic hydroxyl groups excluding tert-OH is 1. The number of rotatable bonds is 6. The maximum absolute atomic E-state index is 14.2. The summed E-state index contributed by atoms with van der Waals surface area (Å²) < 4.78 is 55.8. The van der Waals surface area contributed by atoms with Crippen molar-refractivity contribution in [3.05, 3.63) is 116 Å². The van der Waals surface area contributed by atoms with Crippen LogP contribution in [0.3, 0.4) is 0 Å². The first kappa shape index (κ1) is 26.4. The molecule has 4 heterocycles. The van der Waals surface area contributed by atoms with E-state index in [2.05, 4.69) is 20.3 Å². The molecule has 0 bridgehead atoms. The largest absolute Gasteiger partial charge is 0.382 e.